The number of nitrogens with one attached hydrogen (secondary N) is 1. The Kier molecular flexibility index (Phi) is 3.61. The van der Waals surface area contributed by atoms with Gasteiger partial charge in [-0.25, -0.2) is 0 Å². The van der Waals surface area contributed by atoms with Gasteiger partial charge in [-0.05, 0) is 36.4 Å². The minimum absolute atomic E-state index is 0.0185. The molecule has 3 heterocycles. The summed E-state index contributed by atoms with van der Waals surface area (Å²) in [5.41, 5.74) is 0. The lowest BCUT2D eigenvalue weighted by Gasteiger charge is -2.08. The van der Waals surface area contributed by atoms with Gasteiger partial charge in [0.05, 0.1) is 19.1 Å². The molecule has 0 radical (unpaired) electrons. The average Bonchev–Trinajstić information content (AvgIpc) is 3.25. The van der Waals surface area contributed by atoms with Crippen LogP contribution in [0.1, 0.15) is 22.4 Å². The SMILES string of the molecule is O=C(NCC(O)c1ccc(-c2ccco2)o1)c1ccco1. The summed E-state index contributed by atoms with van der Waals surface area (Å²) < 4.78 is 15.7. The molecule has 0 saturated heterocycles. The van der Waals surface area contributed by atoms with E-state index in [0.717, 1.165) is 0 Å². The van der Waals surface area contributed by atoms with Crippen molar-refractivity contribution in [2.45, 2.75) is 6.10 Å². The zero-order valence-corrected chi connectivity index (χ0v) is 11.0. The molecule has 0 aliphatic carbocycles. The third kappa shape index (κ3) is 2.90. The fraction of sp³-hybridized carbons (Fsp3) is 0.133. The first kappa shape index (κ1) is 13.3. The average molecular weight is 287 g/mol. The Hall–Kier alpha value is -2.73. The zero-order chi connectivity index (χ0) is 14.7. The predicted molar refractivity (Wildman–Crippen MR) is 72.4 cm³/mol. The summed E-state index contributed by atoms with van der Waals surface area (Å²) in [5.74, 6) is 1.25. The first-order valence-electron chi connectivity index (χ1n) is 6.37. The maximum absolute atomic E-state index is 11.7. The Balaban J connectivity index is 1.61. The Bertz CT molecular complexity index is 696. The third-order valence-electron chi connectivity index (χ3n) is 2.92. The lowest BCUT2D eigenvalue weighted by Crippen LogP contribution is -2.27. The van der Waals surface area contributed by atoms with E-state index in [4.69, 9.17) is 13.3 Å². The van der Waals surface area contributed by atoms with Crippen LogP contribution in [0, 0.1) is 0 Å². The Morgan fingerprint density at radius 3 is 2.62 bits per heavy atom. The van der Waals surface area contributed by atoms with E-state index in [1.807, 2.05) is 0 Å². The predicted octanol–water partition coefficient (Wildman–Crippen LogP) is 2.60. The number of aliphatic hydroxyl groups is 1. The van der Waals surface area contributed by atoms with Crippen molar-refractivity contribution in [2.75, 3.05) is 6.54 Å². The van der Waals surface area contributed by atoms with Crippen molar-refractivity contribution in [3.05, 3.63) is 60.4 Å². The molecule has 0 aliphatic rings. The quantitative estimate of drug-likeness (QED) is 0.753. The molecular weight excluding hydrogens is 274 g/mol. The monoisotopic (exact) mass is 287 g/mol. The van der Waals surface area contributed by atoms with Gasteiger partial charge in [0.1, 0.15) is 11.9 Å². The van der Waals surface area contributed by atoms with Gasteiger partial charge < -0.3 is 23.7 Å². The van der Waals surface area contributed by atoms with Gasteiger partial charge in [0.25, 0.3) is 5.91 Å². The number of carbonyl (C=O) groups excluding carboxylic acids is 1. The van der Waals surface area contributed by atoms with Crippen molar-refractivity contribution in [1.82, 2.24) is 5.32 Å². The van der Waals surface area contributed by atoms with Crippen molar-refractivity contribution in [3.63, 3.8) is 0 Å². The van der Waals surface area contributed by atoms with Crippen molar-refractivity contribution >= 4 is 5.91 Å². The number of aliphatic hydroxyl groups excluding tert-OH is 1. The molecule has 3 aromatic heterocycles. The fourth-order valence-corrected chi connectivity index (χ4v) is 1.87. The van der Waals surface area contributed by atoms with Crippen LogP contribution < -0.4 is 5.32 Å². The van der Waals surface area contributed by atoms with Gasteiger partial charge in [-0.15, -0.1) is 0 Å². The number of amides is 1. The molecule has 2 N–H and O–H groups in total. The standard InChI is InChI=1S/C15H13NO5/c17-10(9-16-15(18)14-4-2-8-20-14)11-5-6-13(21-11)12-3-1-7-19-12/h1-8,10,17H,9H2,(H,16,18). The molecule has 1 unspecified atom stereocenters. The second-order valence-electron chi connectivity index (χ2n) is 4.38. The molecule has 6 heteroatoms. The van der Waals surface area contributed by atoms with Crippen molar-refractivity contribution < 1.29 is 23.2 Å². The van der Waals surface area contributed by atoms with Gasteiger partial charge in [0.15, 0.2) is 17.3 Å². The summed E-state index contributed by atoms with van der Waals surface area (Å²) in [5, 5.41) is 12.6. The molecule has 21 heavy (non-hydrogen) atoms. The molecule has 3 rings (SSSR count). The highest BCUT2D eigenvalue weighted by Crippen LogP contribution is 2.25. The van der Waals surface area contributed by atoms with Gasteiger partial charge in [0, 0.05) is 0 Å². The van der Waals surface area contributed by atoms with Gasteiger partial charge in [-0.3, -0.25) is 4.79 Å². The third-order valence-corrected chi connectivity index (χ3v) is 2.92. The van der Waals surface area contributed by atoms with Crippen molar-refractivity contribution in [2.24, 2.45) is 0 Å². The van der Waals surface area contributed by atoms with Crippen LogP contribution in [-0.2, 0) is 0 Å². The zero-order valence-electron chi connectivity index (χ0n) is 11.0. The summed E-state index contributed by atoms with van der Waals surface area (Å²) in [6.45, 7) is 0.0185. The lowest BCUT2D eigenvalue weighted by molar-refractivity contribution is 0.0875. The molecule has 0 bridgehead atoms. The van der Waals surface area contributed by atoms with Crippen LogP contribution in [0.2, 0.25) is 0 Å². The maximum Gasteiger partial charge on any atom is 0.287 e. The summed E-state index contributed by atoms with van der Waals surface area (Å²) in [7, 11) is 0. The van der Waals surface area contributed by atoms with Crippen LogP contribution in [0.25, 0.3) is 11.5 Å². The van der Waals surface area contributed by atoms with E-state index < -0.39 is 12.0 Å². The smallest absolute Gasteiger partial charge is 0.287 e. The van der Waals surface area contributed by atoms with E-state index in [0.29, 0.717) is 17.3 Å². The van der Waals surface area contributed by atoms with E-state index in [1.54, 1.807) is 36.4 Å². The molecule has 1 atom stereocenters. The van der Waals surface area contributed by atoms with Crippen LogP contribution in [0.4, 0.5) is 0 Å². The van der Waals surface area contributed by atoms with Crippen LogP contribution in [0.3, 0.4) is 0 Å². The number of carbonyl (C=O) groups is 1. The van der Waals surface area contributed by atoms with Crippen molar-refractivity contribution in [1.29, 1.82) is 0 Å². The maximum atomic E-state index is 11.7. The summed E-state index contributed by atoms with van der Waals surface area (Å²) in [4.78, 5) is 11.7. The van der Waals surface area contributed by atoms with Gasteiger partial charge >= 0.3 is 0 Å². The van der Waals surface area contributed by atoms with Gasteiger partial charge in [-0.2, -0.15) is 0 Å². The highest BCUT2D eigenvalue weighted by Gasteiger charge is 2.16. The van der Waals surface area contributed by atoms with E-state index in [1.165, 1.54) is 12.5 Å². The highest BCUT2D eigenvalue weighted by atomic mass is 16.4. The molecule has 0 aliphatic heterocycles. The second-order valence-corrected chi connectivity index (χ2v) is 4.38. The molecule has 6 nitrogen and oxygen atoms in total. The summed E-state index contributed by atoms with van der Waals surface area (Å²) in [6.07, 6.45) is 2.00. The number of hydrogen-bond acceptors (Lipinski definition) is 5. The molecule has 1 amide bonds. The largest absolute Gasteiger partial charge is 0.461 e. The molecule has 0 fully saturated rings. The van der Waals surface area contributed by atoms with Crippen LogP contribution >= 0.6 is 0 Å². The van der Waals surface area contributed by atoms with E-state index in [-0.39, 0.29) is 12.3 Å². The first-order chi connectivity index (χ1) is 10.2. The van der Waals surface area contributed by atoms with Crippen LogP contribution in [-0.4, -0.2) is 17.6 Å². The fourth-order valence-electron chi connectivity index (χ4n) is 1.87. The molecule has 0 aromatic carbocycles. The Labute approximate surface area is 120 Å². The number of rotatable bonds is 5. The molecule has 3 aromatic rings. The molecule has 0 saturated carbocycles. The lowest BCUT2D eigenvalue weighted by atomic mass is 10.2. The minimum atomic E-state index is -0.951. The molecule has 108 valence electrons. The topological polar surface area (TPSA) is 88.8 Å². The first-order valence-corrected chi connectivity index (χ1v) is 6.37. The van der Waals surface area contributed by atoms with E-state index in [9.17, 15) is 9.90 Å². The Morgan fingerprint density at radius 2 is 1.90 bits per heavy atom. The second kappa shape index (κ2) is 5.72. The van der Waals surface area contributed by atoms with Crippen LogP contribution in [0.5, 0.6) is 0 Å². The Morgan fingerprint density at radius 1 is 1.10 bits per heavy atom. The summed E-state index contributed by atoms with van der Waals surface area (Å²) in [6, 6.07) is 10.0. The van der Waals surface area contributed by atoms with Crippen molar-refractivity contribution in [3.8, 4) is 11.5 Å². The van der Waals surface area contributed by atoms with Gasteiger partial charge in [-0.1, -0.05) is 0 Å². The number of furan rings is 3. The minimum Gasteiger partial charge on any atom is -0.461 e. The highest BCUT2D eigenvalue weighted by molar-refractivity contribution is 5.91. The molecular formula is C15H13NO5. The molecule has 0 spiro atoms. The summed E-state index contributed by atoms with van der Waals surface area (Å²) >= 11 is 0. The van der Waals surface area contributed by atoms with Crippen LogP contribution in [0.15, 0.2) is 62.2 Å². The van der Waals surface area contributed by atoms with Gasteiger partial charge in [0.2, 0.25) is 0 Å². The normalized spacial score (nSPS) is 12.2. The number of hydrogen-bond donors (Lipinski definition) is 2. The van der Waals surface area contributed by atoms with E-state index >= 15 is 0 Å². The van der Waals surface area contributed by atoms with E-state index in [2.05, 4.69) is 5.32 Å².